The Kier molecular flexibility index (Phi) is 15.0. The maximum absolute atomic E-state index is 12.2. The predicted molar refractivity (Wildman–Crippen MR) is 151 cm³/mol. The summed E-state index contributed by atoms with van der Waals surface area (Å²) in [5.41, 5.74) is 3.86. The fraction of sp³-hybridized carbons (Fsp3) is 0.345. The third kappa shape index (κ3) is 12.9. The number of carbonyl (C=O) groups is 1. The lowest BCUT2D eigenvalue weighted by Crippen LogP contribution is -2.27. The molecule has 2 aromatic rings. The molecule has 0 fully saturated rings. The second kappa shape index (κ2) is 17.4. The normalized spacial score (nSPS) is 12.6. The molecule has 208 valence electrons. The Morgan fingerprint density at radius 3 is 2.13 bits per heavy atom. The van der Waals surface area contributed by atoms with Crippen molar-refractivity contribution in [1.29, 1.82) is 0 Å². The number of amides is 1. The summed E-state index contributed by atoms with van der Waals surface area (Å²) in [7, 11) is -0.253. The first-order valence-electron chi connectivity index (χ1n) is 12.4. The summed E-state index contributed by atoms with van der Waals surface area (Å²) in [5, 5.41) is 5.79. The van der Waals surface area contributed by atoms with E-state index in [-0.39, 0.29) is 10.8 Å². The van der Waals surface area contributed by atoms with Crippen molar-refractivity contribution in [3.8, 4) is 0 Å². The minimum atomic E-state index is -3.47. The van der Waals surface area contributed by atoms with Crippen LogP contribution in [0.15, 0.2) is 77.2 Å². The molecule has 1 aliphatic carbocycles. The van der Waals surface area contributed by atoms with E-state index < -0.39 is 21.7 Å². The molecule has 6 nitrogen and oxygen atoms in total. The number of benzene rings is 2. The molecule has 0 aromatic heterocycles. The molecular weight excluding hydrogens is 508 g/mol. The predicted octanol–water partition coefficient (Wildman–Crippen LogP) is 4.86. The number of allylic oxidation sites excluding steroid dienone is 3. The van der Waals surface area contributed by atoms with Crippen molar-refractivity contribution in [3.05, 3.63) is 106 Å². The maximum atomic E-state index is 12.2. The van der Waals surface area contributed by atoms with Gasteiger partial charge in [0.25, 0.3) is 5.91 Å². The molecule has 3 rings (SSSR count). The van der Waals surface area contributed by atoms with Crippen LogP contribution in [-0.4, -0.2) is 41.5 Å². The minimum Gasteiger partial charge on any atom is -0.352 e. The lowest BCUT2D eigenvalue weighted by Gasteiger charge is -2.05. The van der Waals surface area contributed by atoms with E-state index in [1.807, 2.05) is 7.05 Å². The molecule has 1 amide bonds. The molecule has 9 heteroatoms. The first-order valence-corrected chi connectivity index (χ1v) is 13.9. The van der Waals surface area contributed by atoms with Crippen LogP contribution in [0.25, 0.3) is 0 Å². The number of aryl methyl sites for hydroxylation is 3. The third-order valence-electron chi connectivity index (χ3n) is 5.31. The van der Waals surface area contributed by atoms with E-state index in [9.17, 15) is 22.0 Å². The number of halogens is 2. The zero-order chi connectivity index (χ0) is 28.6. The molecule has 2 aromatic carbocycles. The lowest BCUT2D eigenvalue weighted by atomic mass is 10.1. The van der Waals surface area contributed by atoms with Gasteiger partial charge < -0.3 is 10.6 Å². The molecule has 0 saturated heterocycles. The van der Waals surface area contributed by atoms with Gasteiger partial charge in [-0.2, -0.15) is 0 Å². The van der Waals surface area contributed by atoms with Crippen LogP contribution in [0.5, 0.6) is 0 Å². The standard InChI is InChI=1S/C13H21N3O3S.C9H12.C7H6F2/c1-14-9-4-10-16-13(17)11-5-3-6-12(8-7-11)20(18,19)15-2;1-3-9-6-4-5-8(2)7-9;1-5-2-6(8)4-7(9)3-5/h5-8,14-15H,3-4,9-10H2,1-2H3,(H,16,17);4-7H,3H2,1-2H3;2-4H,1H3. The Hall–Kier alpha value is -3.14. The van der Waals surface area contributed by atoms with Crippen molar-refractivity contribution in [1.82, 2.24) is 15.4 Å². The van der Waals surface area contributed by atoms with Crippen LogP contribution < -0.4 is 15.4 Å². The van der Waals surface area contributed by atoms with E-state index in [0.29, 0.717) is 24.1 Å². The van der Waals surface area contributed by atoms with Crippen LogP contribution in [0.4, 0.5) is 8.78 Å². The molecule has 0 bridgehead atoms. The van der Waals surface area contributed by atoms with Gasteiger partial charge >= 0.3 is 0 Å². The highest BCUT2D eigenvalue weighted by molar-refractivity contribution is 7.93. The zero-order valence-electron chi connectivity index (χ0n) is 22.8. The van der Waals surface area contributed by atoms with Crippen LogP contribution >= 0.6 is 0 Å². The minimum absolute atomic E-state index is 0.175. The Morgan fingerprint density at radius 1 is 0.921 bits per heavy atom. The highest BCUT2D eigenvalue weighted by atomic mass is 32.2. The molecule has 0 saturated carbocycles. The maximum Gasteiger partial charge on any atom is 0.250 e. The van der Waals surface area contributed by atoms with E-state index in [1.54, 1.807) is 19.1 Å². The molecule has 3 N–H and O–H groups in total. The molecule has 38 heavy (non-hydrogen) atoms. The molecule has 0 atom stereocenters. The zero-order valence-corrected chi connectivity index (χ0v) is 23.6. The number of hydrogen-bond acceptors (Lipinski definition) is 4. The summed E-state index contributed by atoms with van der Waals surface area (Å²) in [6.45, 7) is 7.36. The number of rotatable bonds is 8. The summed E-state index contributed by atoms with van der Waals surface area (Å²) in [5.74, 6) is -1.23. The van der Waals surface area contributed by atoms with Crippen LogP contribution in [-0.2, 0) is 21.2 Å². The molecule has 0 aliphatic heterocycles. The van der Waals surface area contributed by atoms with Crippen molar-refractivity contribution in [2.24, 2.45) is 0 Å². The van der Waals surface area contributed by atoms with Gasteiger partial charge in [-0.25, -0.2) is 21.9 Å². The van der Waals surface area contributed by atoms with Gasteiger partial charge in [0.15, 0.2) is 0 Å². The summed E-state index contributed by atoms with van der Waals surface area (Å²) in [6.07, 6.45) is 8.64. The highest BCUT2D eigenvalue weighted by Gasteiger charge is 2.15. The first-order chi connectivity index (χ1) is 18.0. The van der Waals surface area contributed by atoms with Crippen LogP contribution in [0, 0.1) is 25.5 Å². The first kappa shape index (κ1) is 32.9. The molecule has 0 spiro atoms. The number of carbonyl (C=O) groups excluding carboxylic acids is 1. The quantitative estimate of drug-likeness (QED) is 0.412. The third-order valence-corrected chi connectivity index (χ3v) is 6.77. The average Bonchev–Trinajstić information content (AvgIpc) is 3.14. The van der Waals surface area contributed by atoms with E-state index in [1.165, 1.54) is 42.5 Å². The van der Waals surface area contributed by atoms with Gasteiger partial charge in [0.2, 0.25) is 10.0 Å². The second-order valence-corrected chi connectivity index (χ2v) is 10.4. The van der Waals surface area contributed by atoms with E-state index in [2.05, 4.69) is 53.5 Å². The molecule has 1 aliphatic rings. The van der Waals surface area contributed by atoms with Gasteiger partial charge in [-0.1, -0.05) is 48.9 Å². The Labute approximate surface area is 226 Å². The fourth-order valence-electron chi connectivity index (χ4n) is 3.29. The molecular formula is C29H39F2N3O3S. The summed E-state index contributed by atoms with van der Waals surface area (Å²) >= 11 is 0. The molecule has 0 heterocycles. The Balaban J connectivity index is 0.000000329. The summed E-state index contributed by atoms with van der Waals surface area (Å²) < 4.78 is 50.0. The van der Waals surface area contributed by atoms with E-state index in [0.717, 1.165) is 25.5 Å². The van der Waals surface area contributed by atoms with Crippen LogP contribution in [0.2, 0.25) is 0 Å². The van der Waals surface area contributed by atoms with Crippen molar-refractivity contribution in [3.63, 3.8) is 0 Å². The molecule has 0 unspecified atom stereocenters. The van der Waals surface area contributed by atoms with Crippen molar-refractivity contribution >= 4 is 15.9 Å². The molecule has 0 radical (unpaired) electrons. The van der Waals surface area contributed by atoms with E-state index >= 15 is 0 Å². The number of hydrogen-bond donors (Lipinski definition) is 3. The number of sulfonamides is 1. The second-order valence-electron chi connectivity index (χ2n) is 8.54. The van der Waals surface area contributed by atoms with Crippen molar-refractivity contribution in [2.45, 2.75) is 40.0 Å². The highest BCUT2D eigenvalue weighted by Crippen LogP contribution is 2.15. The van der Waals surface area contributed by atoms with Gasteiger partial charge in [-0.15, -0.1) is 0 Å². The summed E-state index contributed by atoms with van der Waals surface area (Å²) in [6, 6.07) is 12.0. The van der Waals surface area contributed by atoms with Gasteiger partial charge in [0, 0.05) is 18.2 Å². The lowest BCUT2D eigenvalue weighted by molar-refractivity contribution is -0.117. The van der Waals surface area contributed by atoms with Gasteiger partial charge in [-0.3, -0.25) is 4.79 Å². The van der Waals surface area contributed by atoms with Crippen LogP contribution in [0.1, 0.15) is 36.5 Å². The SMILES string of the molecule is CCc1cccc(C)c1.CNCCCNC(=O)C1=CCC=C(S(=O)(=O)NC)C=C1.Cc1cc(F)cc(F)c1. The Bertz CT molecular complexity index is 1190. The largest absolute Gasteiger partial charge is 0.352 e. The van der Waals surface area contributed by atoms with E-state index in [4.69, 9.17) is 0 Å². The van der Waals surface area contributed by atoms with Gasteiger partial charge in [-0.05, 0) is 89.2 Å². The summed E-state index contributed by atoms with van der Waals surface area (Å²) in [4.78, 5) is 12.1. The van der Waals surface area contributed by atoms with Crippen molar-refractivity contribution in [2.75, 3.05) is 27.2 Å². The topological polar surface area (TPSA) is 87.3 Å². The monoisotopic (exact) mass is 547 g/mol. The number of nitrogens with one attached hydrogen (secondary N) is 3. The van der Waals surface area contributed by atoms with Gasteiger partial charge in [0.05, 0.1) is 4.91 Å². The smallest absolute Gasteiger partial charge is 0.250 e. The van der Waals surface area contributed by atoms with Gasteiger partial charge in [0.1, 0.15) is 11.6 Å². The van der Waals surface area contributed by atoms with Crippen molar-refractivity contribution < 1.29 is 22.0 Å². The Morgan fingerprint density at radius 2 is 1.61 bits per heavy atom. The van der Waals surface area contributed by atoms with Crippen LogP contribution in [0.3, 0.4) is 0 Å². The fourth-order valence-corrected chi connectivity index (χ4v) is 4.09. The average molecular weight is 548 g/mol.